The summed E-state index contributed by atoms with van der Waals surface area (Å²) in [5.41, 5.74) is 1.46. The molecule has 2 aromatic rings. The summed E-state index contributed by atoms with van der Waals surface area (Å²) in [5, 5.41) is 8.43. The number of ether oxygens (including phenoxy) is 1. The van der Waals surface area contributed by atoms with Crippen LogP contribution in [0, 0.1) is 0 Å². The number of methoxy groups -OCH3 is 1. The quantitative estimate of drug-likeness (QED) is 0.889. The number of thiazole rings is 1. The molecule has 1 aromatic heterocycles. The SMILES string of the molecule is CNC(C)c1csc(NC(=O)c2cccc(OC)c2)n1. The van der Waals surface area contributed by atoms with Crippen LogP contribution >= 0.6 is 11.3 Å². The maximum atomic E-state index is 12.1. The van der Waals surface area contributed by atoms with Crippen molar-refractivity contribution in [1.82, 2.24) is 10.3 Å². The second-order valence-electron chi connectivity index (χ2n) is 4.27. The zero-order valence-corrected chi connectivity index (χ0v) is 12.5. The van der Waals surface area contributed by atoms with E-state index in [4.69, 9.17) is 4.74 Å². The molecule has 1 aromatic carbocycles. The molecule has 0 aliphatic rings. The van der Waals surface area contributed by atoms with Crippen molar-refractivity contribution in [2.45, 2.75) is 13.0 Å². The van der Waals surface area contributed by atoms with Gasteiger partial charge in [-0.2, -0.15) is 0 Å². The molecule has 0 radical (unpaired) electrons. The lowest BCUT2D eigenvalue weighted by Crippen LogP contribution is -2.14. The monoisotopic (exact) mass is 291 g/mol. The van der Waals surface area contributed by atoms with E-state index in [9.17, 15) is 4.79 Å². The summed E-state index contributed by atoms with van der Waals surface area (Å²) < 4.78 is 5.10. The molecular weight excluding hydrogens is 274 g/mol. The topological polar surface area (TPSA) is 63.2 Å². The second-order valence-corrected chi connectivity index (χ2v) is 5.13. The van der Waals surface area contributed by atoms with Crippen LogP contribution in [0.2, 0.25) is 0 Å². The molecule has 1 atom stereocenters. The van der Waals surface area contributed by atoms with Gasteiger partial charge in [-0.05, 0) is 32.2 Å². The van der Waals surface area contributed by atoms with Crippen molar-refractivity contribution in [1.29, 1.82) is 0 Å². The standard InChI is InChI=1S/C14H17N3O2S/c1-9(15-2)12-8-20-14(16-12)17-13(18)10-5-4-6-11(7-10)19-3/h4-9,15H,1-3H3,(H,16,17,18). The summed E-state index contributed by atoms with van der Waals surface area (Å²) in [7, 11) is 3.45. The number of carbonyl (C=O) groups is 1. The number of carbonyl (C=O) groups excluding carboxylic acids is 1. The Morgan fingerprint density at radius 3 is 2.95 bits per heavy atom. The first-order chi connectivity index (χ1) is 9.63. The molecule has 1 unspecified atom stereocenters. The molecular formula is C14H17N3O2S. The lowest BCUT2D eigenvalue weighted by molar-refractivity contribution is 0.102. The van der Waals surface area contributed by atoms with Crippen molar-refractivity contribution >= 4 is 22.4 Å². The maximum Gasteiger partial charge on any atom is 0.257 e. The molecule has 5 nitrogen and oxygen atoms in total. The number of benzene rings is 1. The lowest BCUT2D eigenvalue weighted by Gasteiger charge is -2.06. The van der Waals surface area contributed by atoms with Crippen LogP contribution in [0.5, 0.6) is 5.75 Å². The predicted molar refractivity (Wildman–Crippen MR) is 80.5 cm³/mol. The number of hydrogen-bond acceptors (Lipinski definition) is 5. The first kappa shape index (κ1) is 14.5. The third kappa shape index (κ3) is 3.34. The molecule has 0 spiro atoms. The molecule has 1 heterocycles. The number of nitrogens with zero attached hydrogens (tertiary/aromatic N) is 1. The van der Waals surface area contributed by atoms with Gasteiger partial charge in [-0.1, -0.05) is 6.07 Å². The van der Waals surface area contributed by atoms with E-state index in [1.807, 2.05) is 19.4 Å². The number of amides is 1. The van der Waals surface area contributed by atoms with Crippen LogP contribution in [0.1, 0.15) is 29.0 Å². The Bertz CT molecular complexity index is 598. The predicted octanol–water partition coefficient (Wildman–Crippen LogP) is 2.68. The summed E-state index contributed by atoms with van der Waals surface area (Å²) in [4.78, 5) is 16.5. The van der Waals surface area contributed by atoms with Gasteiger partial charge in [0.15, 0.2) is 5.13 Å². The van der Waals surface area contributed by atoms with E-state index in [-0.39, 0.29) is 11.9 Å². The highest BCUT2D eigenvalue weighted by atomic mass is 32.1. The van der Waals surface area contributed by atoms with Gasteiger partial charge in [0.25, 0.3) is 5.91 Å². The molecule has 0 bridgehead atoms. The normalized spacial score (nSPS) is 11.9. The van der Waals surface area contributed by atoms with Crippen LogP contribution in [0.4, 0.5) is 5.13 Å². The van der Waals surface area contributed by atoms with Crippen LogP contribution < -0.4 is 15.4 Å². The van der Waals surface area contributed by atoms with Crippen molar-refractivity contribution in [2.75, 3.05) is 19.5 Å². The number of aromatic nitrogens is 1. The summed E-state index contributed by atoms with van der Waals surface area (Å²) in [5.74, 6) is 0.461. The number of nitrogens with one attached hydrogen (secondary N) is 2. The zero-order chi connectivity index (χ0) is 14.5. The Morgan fingerprint density at radius 2 is 2.25 bits per heavy atom. The van der Waals surface area contributed by atoms with Gasteiger partial charge in [0, 0.05) is 17.0 Å². The first-order valence-corrected chi connectivity index (χ1v) is 7.10. The van der Waals surface area contributed by atoms with Crippen LogP contribution in [0.3, 0.4) is 0 Å². The van der Waals surface area contributed by atoms with Crippen molar-refractivity contribution in [3.05, 3.63) is 40.9 Å². The Labute approximate surface area is 122 Å². The molecule has 6 heteroatoms. The minimum Gasteiger partial charge on any atom is -0.497 e. The zero-order valence-electron chi connectivity index (χ0n) is 11.6. The Balaban J connectivity index is 2.09. The average molecular weight is 291 g/mol. The van der Waals surface area contributed by atoms with Crippen LogP contribution in [0.15, 0.2) is 29.6 Å². The van der Waals surface area contributed by atoms with Crippen molar-refractivity contribution in [3.8, 4) is 5.75 Å². The van der Waals surface area contributed by atoms with E-state index in [2.05, 4.69) is 15.6 Å². The van der Waals surface area contributed by atoms with Gasteiger partial charge in [0.1, 0.15) is 5.75 Å². The van der Waals surface area contributed by atoms with E-state index in [1.54, 1.807) is 31.4 Å². The average Bonchev–Trinajstić information content (AvgIpc) is 2.95. The van der Waals surface area contributed by atoms with Gasteiger partial charge in [-0.3, -0.25) is 10.1 Å². The summed E-state index contributed by atoms with van der Waals surface area (Å²) >= 11 is 1.41. The first-order valence-electron chi connectivity index (χ1n) is 6.22. The van der Waals surface area contributed by atoms with Crippen LogP contribution in [-0.4, -0.2) is 25.0 Å². The van der Waals surface area contributed by atoms with E-state index in [0.717, 1.165) is 5.69 Å². The molecule has 106 valence electrons. The molecule has 2 N–H and O–H groups in total. The summed E-state index contributed by atoms with van der Waals surface area (Å²) in [6.45, 7) is 2.02. The summed E-state index contributed by atoms with van der Waals surface area (Å²) in [6, 6.07) is 7.17. The van der Waals surface area contributed by atoms with Crippen molar-refractivity contribution in [3.63, 3.8) is 0 Å². The third-order valence-corrected chi connectivity index (χ3v) is 3.73. The van der Waals surface area contributed by atoms with E-state index < -0.39 is 0 Å². The fourth-order valence-corrected chi connectivity index (χ4v) is 2.42. The van der Waals surface area contributed by atoms with E-state index in [1.165, 1.54) is 11.3 Å². The molecule has 0 aliphatic carbocycles. The molecule has 0 saturated carbocycles. The fourth-order valence-electron chi connectivity index (χ4n) is 1.62. The molecule has 20 heavy (non-hydrogen) atoms. The number of anilines is 1. The van der Waals surface area contributed by atoms with Crippen molar-refractivity contribution < 1.29 is 9.53 Å². The minimum absolute atomic E-state index is 0.161. The van der Waals surface area contributed by atoms with Gasteiger partial charge in [-0.25, -0.2) is 4.98 Å². The highest BCUT2D eigenvalue weighted by Gasteiger charge is 2.12. The number of rotatable bonds is 5. The van der Waals surface area contributed by atoms with Crippen molar-refractivity contribution in [2.24, 2.45) is 0 Å². The molecule has 1 amide bonds. The third-order valence-electron chi connectivity index (χ3n) is 2.95. The Hall–Kier alpha value is -1.92. The summed E-state index contributed by atoms with van der Waals surface area (Å²) in [6.07, 6.45) is 0. The Kier molecular flexibility index (Phi) is 4.70. The molecule has 2 rings (SSSR count). The number of hydrogen-bond donors (Lipinski definition) is 2. The van der Waals surface area contributed by atoms with Crippen LogP contribution in [0.25, 0.3) is 0 Å². The Morgan fingerprint density at radius 1 is 1.45 bits per heavy atom. The largest absolute Gasteiger partial charge is 0.497 e. The molecule has 0 fully saturated rings. The smallest absolute Gasteiger partial charge is 0.257 e. The second kappa shape index (κ2) is 6.49. The van der Waals surface area contributed by atoms with Gasteiger partial charge in [-0.15, -0.1) is 11.3 Å². The van der Waals surface area contributed by atoms with Gasteiger partial charge < -0.3 is 10.1 Å². The minimum atomic E-state index is -0.193. The molecule has 0 saturated heterocycles. The fraction of sp³-hybridized carbons (Fsp3) is 0.286. The van der Waals surface area contributed by atoms with E-state index >= 15 is 0 Å². The van der Waals surface area contributed by atoms with Crippen LogP contribution in [-0.2, 0) is 0 Å². The maximum absolute atomic E-state index is 12.1. The highest BCUT2D eigenvalue weighted by Crippen LogP contribution is 2.21. The highest BCUT2D eigenvalue weighted by molar-refractivity contribution is 7.14. The van der Waals surface area contributed by atoms with Gasteiger partial charge >= 0.3 is 0 Å². The van der Waals surface area contributed by atoms with Gasteiger partial charge in [0.05, 0.1) is 12.8 Å². The molecule has 0 aliphatic heterocycles. The lowest BCUT2D eigenvalue weighted by atomic mass is 10.2. The van der Waals surface area contributed by atoms with Gasteiger partial charge in [0.2, 0.25) is 0 Å². The van der Waals surface area contributed by atoms with E-state index in [0.29, 0.717) is 16.4 Å².